The van der Waals surface area contributed by atoms with Crippen molar-refractivity contribution in [3.63, 3.8) is 0 Å². The van der Waals surface area contributed by atoms with Crippen molar-refractivity contribution in [1.29, 1.82) is 0 Å². The summed E-state index contributed by atoms with van der Waals surface area (Å²) in [6.07, 6.45) is 0. The summed E-state index contributed by atoms with van der Waals surface area (Å²) in [6.45, 7) is 2.00. The Morgan fingerprint density at radius 1 is 1.10 bits per heavy atom. The second kappa shape index (κ2) is 9.26. The van der Waals surface area contributed by atoms with Crippen LogP contribution in [0.1, 0.15) is 0 Å². The number of benzene rings is 1. The number of aromatic hydroxyl groups is 1. The van der Waals surface area contributed by atoms with Crippen LogP contribution < -0.4 is 0 Å². The molecule has 1 N–H and O–H groups in total. The second-order valence-electron chi connectivity index (χ2n) is 1.34. The molecule has 2 nitrogen and oxygen atoms in total. The van der Waals surface area contributed by atoms with Crippen molar-refractivity contribution in [2.24, 2.45) is 0 Å². The number of hydrogen-bond acceptors (Lipinski definition) is 2. The molecule has 0 heterocycles. The molecule has 0 aliphatic heterocycles. The fourth-order valence-electron chi connectivity index (χ4n) is 0.428. The Kier molecular flexibility index (Phi) is 11.9. The van der Waals surface area contributed by atoms with Crippen LogP contribution in [0.3, 0.4) is 0 Å². The van der Waals surface area contributed by atoms with Crippen molar-refractivity contribution in [1.82, 2.24) is 0 Å². The Bertz CT molecular complexity index is 153. The first-order chi connectivity index (χ1) is 4.39. The Morgan fingerprint density at radius 3 is 1.70 bits per heavy atom. The molecular weight excluding hydrogens is 253 g/mol. The van der Waals surface area contributed by atoms with Gasteiger partial charge in [0.2, 0.25) is 0 Å². The standard InChI is InChI=1S/C6H6O.CH2O.Ba.2H/c7-6-4-2-1-3-5-6;1-2;;;/h1-5,7H;1H2;;;. The van der Waals surface area contributed by atoms with Crippen LogP contribution in [0.2, 0.25) is 0 Å². The molecule has 1 rings (SSSR count). The number of phenols is 1. The van der Waals surface area contributed by atoms with Gasteiger partial charge in [-0.15, -0.1) is 0 Å². The molecule has 0 unspecified atom stereocenters. The first kappa shape index (κ1) is 12.9. The summed E-state index contributed by atoms with van der Waals surface area (Å²) in [5, 5.41) is 8.63. The zero-order valence-corrected chi connectivity index (χ0v) is 4.95. The van der Waals surface area contributed by atoms with Crippen LogP contribution in [-0.4, -0.2) is 60.8 Å². The van der Waals surface area contributed by atoms with Gasteiger partial charge in [-0.3, -0.25) is 0 Å². The van der Waals surface area contributed by atoms with Crippen LogP contribution in [-0.2, 0) is 4.79 Å². The van der Waals surface area contributed by atoms with E-state index >= 15 is 0 Å². The third-order valence-electron chi connectivity index (χ3n) is 0.756. The SMILES string of the molecule is C=O.Oc1ccccc1.[BaH2]. The van der Waals surface area contributed by atoms with Crippen molar-refractivity contribution >= 4 is 55.7 Å². The van der Waals surface area contributed by atoms with E-state index < -0.39 is 0 Å². The van der Waals surface area contributed by atoms with Crippen LogP contribution in [0.15, 0.2) is 30.3 Å². The summed E-state index contributed by atoms with van der Waals surface area (Å²) in [5.74, 6) is 0.322. The van der Waals surface area contributed by atoms with E-state index in [0.717, 1.165) is 0 Å². The fraction of sp³-hybridized carbons (Fsp3) is 0. The summed E-state index contributed by atoms with van der Waals surface area (Å²) in [7, 11) is 0. The number of hydrogen-bond donors (Lipinski definition) is 1. The van der Waals surface area contributed by atoms with E-state index in [0.29, 0.717) is 5.75 Å². The molecule has 1 aromatic carbocycles. The number of para-hydroxylation sites is 1. The monoisotopic (exact) mass is 264 g/mol. The molecule has 52 valence electrons. The van der Waals surface area contributed by atoms with Crippen LogP contribution in [0.25, 0.3) is 0 Å². The van der Waals surface area contributed by atoms with Crippen molar-refractivity contribution in [3.05, 3.63) is 30.3 Å². The van der Waals surface area contributed by atoms with Gasteiger partial charge in [-0.2, -0.15) is 0 Å². The zero-order valence-electron chi connectivity index (χ0n) is 4.95. The van der Waals surface area contributed by atoms with Crippen molar-refractivity contribution in [3.8, 4) is 5.75 Å². The number of phenolic OH excluding ortho intramolecular Hbond substituents is 1. The van der Waals surface area contributed by atoms with Gasteiger partial charge >= 0.3 is 48.9 Å². The molecule has 0 radical (unpaired) electrons. The molecule has 0 saturated heterocycles. The number of carbonyl (C=O) groups is 1. The Morgan fingerprint density at radius 2 is 1.50 bits per heavy atom. The Labute approximate surface area is 100 Å². The van der Waals surface area contributed by atoms with Crippen LogP contribution in [0.4, 0.5) is 0 Å². The molecule has 0 atom stereocenters. The van der Waals surface area contributed by atoms with Gasteiger partial charge in [-0.1, -0.05) is 18.2 Å². The van der Waals surface area contributed by atoms with Gasteiger partial charge in [-0.05, 0) is 12.1 Å². The van der Waals surface area contributed by atoms with Crippen LogP contribution >= 0.6 is 0 Å². The predicted octanol–water partition coefficient (Wildman–Crippen LogP) is 0.291. The van der Waals surface area contributed by atoms with Gasteiger partial charge in [0.15, 0.2) is 0 Å². The van der Waals surface area contributed by atoms with E-state index in [4.69, 9.17) is 9.90 Å². The van der Waals surface area contributed by atoms with Gasteiger partial charge in [0.1, 0.15) is 12.5 Å². The van der Waals surface area contributed by atoms with E-state index in [1.165, 1.54) is 0 Å². The quantitative estimate of drug-likeness (QED) is 0.683. The molecule has 0 amide bonds. The van der Waals surface area contributed by atoms with E-state index in [2.05, 4.69) is 0 Å². The average molecular weight is 263 g/mol. The van der Waals surface area contributed by atoms with E-state index in [-0.39, 0.29) is 48.9 Å². The summed E-state index contributed by atoms with van der Waals surface area (Å²) < 4.78 is 0. The summed E-state index contributed by atoms with van der Waals surface area (Å²) >= 11 is 0. The van der Waals surface area contributed by atoms with Crippen molar-refractivity contribution < 1.29 is 9.90 Å². The van der Waals surface area contributed by atoms with E-state index in [1.54, 1.807) is 24.3 Å². The second-order valence-corrected chi connectivity index (χ2v) is 1.34. The molecule has 0 aliphatic carbocycles. The molecule has 0 bridgehead atoms. The first-order valence-electron chi connectivity index (χ1n) is 2.42. The fourth-order valence-corrected chi connectivity index (χ4v) is 0.428. The predicted molar refractivity (Wildman–Crippen MR) is 43.8 cm³/mol. The van der Waals surface area contributed by atoms with E-state index in [1.807, 2.05) is 12.9 Å². The summed E-state index contributed by atoms with van der Waals surface area (Å²) in [6, 6.07) is 8.71. The van der Waals surface area contributed by atoms with Gasteiger partial charge in [0, 0.05) is 0 Å². The average Bonchev–Trinajstić information content (AvgIpc) is 1.94. The van der Waals surface area contributed by atoms with Crippen LogP contribution in [0, 0.1) is 0 Å². The van der Waals surface area contributed by atoms with E-state index in [9.17, 15) is 0 Å². The maximum atomic E-state index is 8.63. The molecule has 0 spiro atoms. The minimum absolute atomic E-state index is 0. The van der Waals surface area contributed by atoms with Gasteiger partial charge < -0.3 is 9.90 Å². The third-order valence-corrected chi connectivity index (χ3v) is 0.756. The van der Waals surface area contributed by atoms with Crippen molar-refractivity contribution in [2.75, 3.05) is 0 Å². The topological polar surface area (TPSA) is 37.3 Å². The molecule has 0 fully saturated rings. The van der Waals surface area contributed by atoms with Gasteiger partial charge in [0.05, 0.1) is 0 Å². The molecule has 1 aromatic rings. The third kappa shape index (κ3) is 6.38. The normalized spacial score (nSPS) is 6.40. The molecule has 0 aliphatic rings. The van der Waals surface area contributed by atoms with Crippen LogP contribution in [0.5, 0.6) is 5.75 Å². The summed E-state index contributed by atoms with van der Waals surface area (Å²) in [4.78, 5) is 8.00. The maximum absolute atomic E-state index is 8.63. The molecular formula is C7H10BaO2. The molecule has 10 heavy (non-hydrogen) atoms. The molecule has 3 heteroatoms. The number of carbonyl (C=O) groups excluding carboxylic acids is 1. The Balaban J connectivity index is 0. The number of rotatable bonds is 0. The van der Waals surface area contributed by atoms with Gasteiger partial charge in [0.25, 0.3) is 0 Å². The first-order valence-corrected chi connectivity index (χ1v) is 2.42. The van der Waals surface area contributed by atoms with Gasteiger partial charge in [-0.25, -0.2) is 0 Å². The zero-order chi connectivity index (χ0) is 7.11. The summed E-state index contributed by atoms with van der Waals surface area (Å²) in [5.41, 5.74) is 0. The molecule has 0 aromatic heterocycles. The minimum atomic E-state index is 0. The Hall–Kier alpha value is 0.261. The van der Waals surface area contributed by atoms with Crippen molar-refractivity contribution in [2.45, 2.75) is 0 Å². The molecule has 0 saturated carbocycles.